The number of hydrogen-bond acceptors (Lipinski definition) is 2. The predicted molar refractivity (Wildman–Crippen MR) is 87.2 cm³/mol. The van der Waals surface area contributed by atoms with Crippen LogP contribution >= 0.6 is 23.8 Å². The number of nitrogens with one attached hydrogen (secondary N) is 1. The highest BCUT2D eigenvalue weighted by molar-refractivity contribution is 7.80. The van der Waals surface area contributed by atoms with E-state index in [9.17, 15) is 5.11 Å². The van der Waals surface area contributed by atoms with Crippen LogP contribution in [0.2, 0.25) is 5.02 Å². The van der Waals surface area contributed by atoms with Crippen LogP contribution in [0.3, 0.4) is 0 Å². The summed E-state index contributed by atoms with van der Waals surface area (Å²) in [7, 11) is 1.87. The number of aromatic hydroxyl groups is 1. The van der Waals surface area contributed by atoms with E-state index < -0.39 is 0 Å². The molecule has 2 aromatic rings. The fourth-order valence-corrected chi connectivity index (χ4v) is 2.03. The Hall–Kier alpha value is -1.78. The molecule has 2 N–H and O–H groups in total. The van der Waals surface area contributed by atoms with Crippen LogP contribution in [-0.4, -0.2) is 22.2 Å². The summed E-state index contributed by atoms with van der Waals surface area (Å²) in [6, 6.07) is 14.5. The van der Waals surface area contributed by atoms with Crippen LogP contribution in [0.4, 0.5) is 5.69 Å². The predicted octanol–water partition coefficient (Wildman–Crippen LogP) is 3.87. The Morgan fingerprint density at radius 2 is 1.85 bits per heavy atom. The third-order valence-electron chi connectivity index (χ3n) is 2.84. The lowest BCUT2D eigenvalue weighted by atomic mass is 10.2. The zero-order valence-electron chi connectivity index (χ0n) is 11.0. The van der Waals surface area contributed by atoms with Gasteiger partial charge in [-0.15, -0.1) is 0 Å². The van der Waals surface area contributed by atoms with Gasteiger partial charge in [-0.05, 0) is 42.5 Å². The molecule has 0 aromatic heterocycles. The summed E-state index contributed by atoms with van der Waals surface area (Å²) >= 11 is 11.2. The van der Waals surface area contributed by atoms with Crippen LogP contribution in [0, 0.1) is 0 Å². The molecule has 0 spiro atoms. The minimum Gasteiger partial charge on any atom is -0.508 e. The highest BCUT2D eigenvalue weighted by Gasteiger charge is 2.08. The van der Waals surface area contributed by atoms with E-state index in [2.05, 4.69) is 5.32 Å². The van der Waals surface area contributed by atoms with E-state index in [0.29, 0.717) is 16.7 Å². The highest BCUT2D eigenvalue weighted by atomic mass is 35.5. The lowest BCUT2D eigenvalue weighted by molar-refractivity contribution is 0.444. The van der Waals surface area contributed by atoms with E-state index in [1.807, 2.05) is 36.2 Å². The largest absolute Gasteiger partial charge is 0.508 e. The average Bonchev–Trinajstić information content (AvgIpc) is 2.44. The number of phenolic OH excluding ortho intramolecular Hbond substituents is 1. The van der Waals surface area contributed by atoms with Crippen molar-refractivity contribution in [1.82, 2.24) is 4.90 Å². The van der Waals surface area contributed by atoms with Crippen LogP contribution in [0.1, 0.15) is 5.56 Å². The molecule has 0 aliphatic heterocycles. The summed E-state index contributed by atoms with van der Waals surface area (Å²) < 4.78 is 0. The maximum Gasteiger partial charge on any atom is 0.173 e. The molecule has 0 amide bonds. The van der Waals surface area contributed by atoms with Gasteiger partial charge in [0.1, 0.15) is 5.75 Å². The van der Waals surface area contributed by atoms with Crippen molar-refractivity contribution in [3.63, 3.8) is 0 Å². The maximum absolute atomic E-state index is 9.76. The van der Waals surface area contributed by atoms with Crippen molar-refractivity contribution >= 4 is 34.6 Å². The Balaban J connectivity index is 1.99. The van der Waals surface area contributed by atoms with Crippen molar-refractivity contribution in [2.24, 2.45) is 0 Å². The van der Waals surface area contributed by atoms with Crippen LogP contribution in [0.5, 0.6) is 5.75 Å². The van der Waals surface area contributed by atoms with Gasteiger partial charge in [-0.2, -0.15) is 0 Å². The van der Waals surface area contributed by atoms with Crippen LogP contribution < -0.4 is 5.32 Å². The number of phenols is 1. The summed E-state index contributed by atoms with van der Waals surface area (Å²) in [4.78, 5) is 1.86. The van der Waals surface area contributed by atoms with Gasteiger partial charge in [-0.25, -0.2) is 0 Å². The van der Waals surface area contributed by atoms with E-state index in [4.69, 9.17) is 23.8 Å². The Morgan fingerprint density at radius 1 is 1.20 bits per heavy atom. The molecule has 0 aliphatic carbocycles. The Kier molecular flexibility index (Phi) is 4.82. The third-order valence-corrected chi connectivity index (χ3v) is 3.51. The molecule has 0 aliphatic rings. The lowest BCUT2D eigenvalue weighted by Crippen LogP contribution is -2.30. The first-order valence-corrected chi connectivity index (χ1v) is 6.89. The van der Waals surface area contributed by atoms with E-state index in [-0.39, 0.29) is 5.75 Å². The van der Waals surface area contributed by atoms with Crippen molar-refractivity contribution in [3.8, 4) is 5.75 Å². The van der Waals surface area contributed by atoms with Gasteiger partial charge in [0.2, 0.25) is 0 Å². The molecular formula is C15H15ClN2OS. The number of thiocarbonyl (C=S) groups is 1. The second-order valence-corrected chi connectivity index (χ2v) is 5.24. The van der Waals surface area contributed by atoms with Crippen molar-refractivity contribution in [2.45, 2.75) is 6.54 Å². The fraction of sp³-hybridized carbons (Fsp3) is 0.133. The van der Waals surface area contributed by atoms with E-state index in [0.717, 1.165) is 11.3 Å². The van der Waals surface area contributed by atoms with Crippen molar-refractivity contribution in [1.29, 1.82) is 0 Å². The highest BCUT2D eigenvalue weighted by Crippen LogP contribution is 2.18. The van der Waals surface area contributed by atoms with E-state index >= 15 is 0 Å². The first-order chi connectivity index (χ1) is 9.56. The van der Waals surface area contributed by atoms with Gasteiger partial charge in [0.25, 0.3) is 0 Å². The second kappa shape index (κ2) is 6.59. The molecular weight excluding hydrogens is 292 g/mol. The molecule has 2 aromatic carbocycles. The minimum atomic E-state index is 0.272. The molecule has 0 atom stereocenters. The SMILES string of the molecule is CN(Cc1ccccc1O)C(=S)Nc1ccc(Cl)cc1. The number of anilines is 1. The number of halogens is 1. The third kappa shape index (κ3) is 3.85. The Labute approximate surface area is 128 Å². The molecule has 5 heteroatoms. The summed E-state index contributed by atoms with van der Waals surface area (Å²) in [5, 5.41) is 14.1. The molecule has 0 saturated carbocycles. The van der Waals surface area contributed by atoms with Crippen LogP contribution in [0.15, 0.2) is 48.5 Å². The van der Waals surface area contributed by atoms with E-state index in [1.54, 1.807) is 24.3 Å². The molecule has 0 bridgehead atoms. The maximum atomic E-state index is 9.76. The quantitative estimate of drug-likeness (QED) is 0.844. The van der Waals surface area contributed by atoms with Gasteiger partial charge in [0.15, 0.2) is 5.11 Å². The number of benzene rings is 2. The van der Waals surface area contributed by atoms with Gasteiger partial charge in [0.05, 0.1) is 0 Å². The summed E-state index contributed by atoms with van der Waals surface area (Å²) in [6.07, 6.45) is 0. The average molecular weight is 307 g/mol. The Morgan fingerprint density at radius 3 is 2.50 bits per heavy atom. The first kappa shape index (κ1) is 14.6. The summed E-state index contributed by atoms with van der Waals surface area (Å²) in [6.45, 7) is 0.534. The van der Waals surface area contributed by atoms with Crippen molar-refractivity contribution in [3.05, 3.63) is 59.1 Å². The normalized spacial score (nSPS) is 10.1. The molecule has 2 rings (SSSR count). The van der Waals surface area contributed by atoms with Gasteiger partial charge in [-0.3, -0.25) is 0 Å². The zero-order chi connectivity index (χ0) is 14.5. The number of para-hydroxylation sites is 1. The van der Waals surface area contributed by atoms with Crippen molar-refractivity contribution in [2.75, 3.05) is 12.4 Å². The second-order valence-electron chi connectivity index (χ2n) is 4.42. The van der Waals surface area contributed by atoms with Gasteiger partial charge >= 0.3 is 0 Å². The van der Waals surface area contributed by atoms with Crippen molar-refractivity contribution < 1.29 is 5.11 Å². The molecule has 0 heterocycles. The molecule has 104 valence electrons. The van der Waals surface area contributed by atoms with Crippen LogP contribution in [-0.2, 0) is 6.54 Å². The molecule has 0 saturated heterocycles. The standard InChI is InChI=1S/C15H15ClN2OS/c1-18(10-11-4-2-3-5-14(11)19)15(20)17-13-8-6-12(16)7-9-13/h2-9,19H,10H2,1H3,(H,17,20). The smallest absolute Gasteiger partial charge is 0.173 e. The molecule has 0 fully saturated rings. The van der Waals surface area contributed by atoms with Gasteiger partial charge in [0, 0.05) is 29.9 Å². The first-order valence-electron chi connectivity index (χ1n) is 6.11. The number of rotatable bonds is 3. The monoisotopic (exact) mass is 306 g/mol. The zero-order valence-corrected chi connectivity index (χ0v) is 12.6. The number of nitrogens with zero attached hydrogens (tertiary/aromatic N) is 1. The molecule has 0 unspecified atom stereocenters. The fourth-order valence-electron chi connectivity index (χ4n) is 1.72. The minimum absolute atomic E-state index is 0.272. The topological polar surface area (TPSA) is 35.5 Å². The molecule has 3 nitrogen and oxygen atoms in total. The lowest BCUT2D eigenvalue weighted by Gasteiger charge is -2.21. The summed E-state index contributed by atoms with van der Waals surface area (Å²) in [5.74, 6) is 0.272. The van der Waals surface area contributed by atoms with Gasteiger partial charge in [-0.1, -0.05) is 29.8 Å². The number of hydrogen-bond donors (Lipinski definition) is 2. The van der Waals surface area contributed by atoms with E-state index in [1.165, 1.54) is 0 Å². The molecule has 0 radical (unpaired) electrons. The summed E-state index contributed by atoms with van der Waals surface area (Å²) in [5.41, 5.74) is 1.71. The van der Waals surface area contributed by atoms with Gasteiger partial charge < -0.3 is 15.3 Å². The molecule has 20 heavy (non-hydrogen) atoms. The Bertz CT molecular complexity index is 601. The van der Waals surface area contributed by atoms with Crippen LogP contribution in [0.25, 0.3) is 0 Å².